The van der Waals surface area contributed by atoms with Crippen molar-refractivity contribution in [3.63, 3.8) is 0 Å². The molecule has 0 saturated heterocycles. The molecular formula is C8H12N6S2. The highest BCUT2D eigenvalue weighted by Gasteiger charge is 2.10. The molecule has 0 saturated carbocycles. The fraction of sp³-hybridized carbons (Fsp3) is 0.375. The van der Waals surface area contributed by atoms with Crippen molar-refractivity contribution >= 4 is 34.1 Å². The highest BCUT2D eigenvalue weighted by molar-refractivity contribution is 7.99. The third-order valence-corrected chi connectivity index (χ3v) is 3.86. The smallest absolute Gasteiger partial charge is 0.153 e. The fourth-order valence-electron chi connectivity index (χ4n) is 1.23. The maximum absolute atomic E-state index is 5.74. The number of aromatic nitrogens is 4. The van der Waals surface area contributed by atoms with Crippen LogP contribution in [0.1, 0.15) is 5.82 Å². The Morgan fingerprint density at radius 1 is 1.62 bits per heavy atom. The van der Waals surface area contributed by atoms with E-state index in [4.69, 9.17) is 5.73 Å². The number of hydrogen-bond donors (Lipinski definition) is 2. The zero-order chi connectivity index (χ0) is 11.5. The topological polar surface area (TPSA) is 81.7 Å². The molecular weight excluding hydrogens is 244 g/mol. The van der Waals surface area contributed by atoms with Gasteiger partial charge in [0.15, 0.2) is 11.6 Å². The van der Waals surface area contributed by atoms with Crippen molar-refractivity contribution in [1.82, 2.24) is 19.1 Å². The zero-order valence-corrected chi connectivity index (χ0v) is 10.6. The molecule has 0 aliphatic heterocycles. The molecule has 0 unspecified atom stereocenters. The molecule has 8 heteroatoms. The first-order chi connectivity index (χ1) is 7.72. The first-order valence-electron chi connectivity index (χ1n) is 4.58. The van der Waals surface area contributed by atoms with Crippen molar-refractivity contribution in [1.29, 1.82) is 0 Å². The van der Waals surface area contributed by atoms with E-state index in [1.807, 2.05) is 17.9 Å². The van der Waals surface area contributed by atoms with E-state index < -0.39 is 0 Å². The highest BCUT2D eigenvalue weighted by Crippen LogP contribution is 2.34. The van der Waals surface area contributed by atoms with Gasteiger partial charge in [0, 0.05) is 7.05 Å². The number of anilines is 2. The van der Waals surface area contributed by atoms with E-state index in [2.05, 4.69) is 19.9 Å². The van der Waals surface area contributed by atoms with Gasteiger partial charge in [-0.2, -0.15) is 4.37 Å². The molecule has 0 bridgehead atoms. The van der Waals surface area contributed by atoms with Gasteiger partial charge in [-0.3, -0.25) is 0 Å². The molecule has 0 aliphatic rings. The van der Waals surface area contributed by atoms with Gasteiger partial charge in [-0.25, -0.2) is 0 Å². The minimum Gasteiger partial charge on any atom is -0.382 e. The van der Waals surface area contributed by atoms with Crippen LogP contribution in [0.2, 0.25) is 0 Å². The molecule has 0 fully saturated rings. The lowest BCUT2D eigenvalue weighted by Crippen LogP contribution is -2.05. The van der Waals surface area contributed by atoms with E-state index in [0.717, 1.165) is 15.7 Å². The van der Waals surface area contributed by atoms with Crippen molar-refractivity contribution in [3.05, 3.63) is 12.2 Å². The summed E-state index contributed by atoms with van der Waals surface area (Å²) in [6.45, 7) is 0.617. The van der Waals surface area contributed by atoms with Crippen LogP contribution in [0.3, 0.4) is 0 Å². The Hall–Kier alpha value is -1.28. The van der Waals surface area contributed by atoms with Crippen LogP contribution in [0.25, 0.3) is 0 Å². The molecule has 0 aromatic carbocycles. The second-order valence-corrected chi connectivity index (χ2v) is 4.73. The summed E-state index contributed by atoms with van der Waals surface area (Å²) in [7, 11) is 1.91. The molecule has 86 valence electrons. The Bertz CT molecular complexity index is 477. The summed E-state index contributed by atoms with van der Waals surface area (Å²) in [5, 5.41) is 12.0. The molecule has 2 heterocycles. The molecule has 0 spiro atoms. The normalized spacial score (nSPS) is 10.6. The number of aryl methyl sites for hydroxylation is 1. The van der Waals surface area contributed by atoms with Crippen molar-refractivity contribution in [2.45, 2.75) is 11.4 Å². The van der Waals surface area contributed by atoms with Crippen LogP contribution in [-0.2, 0) is 13.6 Å². The summed E-state index contributed by atoms with van der Waals surface area (Å²) in [5.74, 6) is 1.46. The van der Waals surface area contributed by atoms with Crippen molar-refractivity contribution in [2.24, 2.45) is 7.05 Å². The van der Waals surface area contributed by atoms with E-state index in [9.17, 15) is 0 Å². The number of nitrogen functional groups attached to an aromatic ring is 1. The summed E-state index contributed by atoms with van der Waals surface area (Å²) >= 11 is 2.95. The lowest BCUT2D eigenvalue weighted by molar-refractivity contribution is 0.812. The van der Waals surface area contributed by atoms with Gasteiger partial charge >= 0.3 is 0 Å². The summed E-state index contributed by atoms with van der Waals surface area (Å²) in [6.07, 6.45) is 3.65. The van der Waals surface area contributed by atoms with Crippen LogP contribution in [0, 0.1) is 0 Å². The van der Waals surface area contributed by atoms with Gasteiger partial charge in [-0.1, -0.05) is 0 Å². The van der Waals surface area contributed by atoms with Crippen LogP contribution < -0.4 is 11.1 Å². The lowest BCUT2D eigenvalue weighted by atomic mass is 10.5. The van der Waals surface area contributed by atoms with Gasteiger partial charge < -0.3 is 15.6 Å². The van der Waals surface area contributed by atoms with Crippen molar-refractivity contribution in [3.8, 4) is 0 Å². The molecule has 6 nitrogen and oxygen atoms in total. The third kappa shape index (κ3) is 2.12. The third-order valence-electron chi connectivity index (χ3n) is 2.09. The SMILES string of the molecule is CSc1c(N)nsc1NCc1nncn1C. The lowest BCUT2D eigenvalue weighted by Gasteiger charge is -2.04. The summed E-state index contributed by atoms with van der Waals surface area (Å²) in [6, 6.07) is 0. The Balaban J connectivity index is 2.07. The van der Waals surface area contributed by atoms with Gasteiger partial charge in [0.25, 0.3) is 0 Å². The number of hydrogen-bond acceptors (Lipinski definition) is 7. The average Bonchev–Trinajstić information content (AvgIpc) is 2.82. The van der Waals surface area contributed by atoms with E-state index >= 15 is 0 Å². The van der Waals surface area contributed by atoms with Gasteiger partial charge in [0.05, 0.1) is 11.4 Å². The number of nitrogens with two attached hydrogens (primary N) is 1. The highest BCUT2D eigenvalue weighted by atomic mass is 32.2. The standard InChI is InChI=1S/C8H12N6S2/c1-14-4-11-12-5(14)3-10-8-6(15-2)7(9)13-16-8/h4,10H,3H2,1-2H3,(H2,9,13). The Kier molecular flexibility index (Phi) is 3.30. The Morgan fingerprint density at radius 3 is 3.06 bits per heavy atom. The zero-order valence-electron chi connectivity index (χ0n) is 8.97. The van der Waals surface area contributed by atoms with Gasteiger partial charge in [0.1, 0.15) is 11.3 Å². The quantitative estimate of drug-likeness (QED) is 0.800. The van der Waals surface area contributed by atoms with E-state index in [-0.39, 0.29) is 0 Å². The maximum atomic E-state index is 5.74. The predicted octanol–water partition coefficient (Wildman–Crippen LogP) is 1.19. The maximum Gasteiger partial charge on any atom is 0.153 e. The second-order valence-electron chi connectivity index (χ2n) is 3.14. The molecule has 0 amide bonds. The van der Waals surface area contributed by atoms with E-state index in [1.54, 1.807) is 18.1 Å². The molecule has 0 aliphatic carbocycles. The molecule has 2 rings (SSSR count). The average molecular weight is 256 g/mol. The Labute approximate surface area is 101 Å². The van der Waals surface area contributed by atoms with Gasteiger partial charge in [-0.15, -0.1) is 22.0 Å². The van der Waals surface area contributed by atoms with Crippen molar-refractivity contribution in [2.75, 3.05) is 17.3 Å². The molecule has 0 atom stereocenters. The van der Waals surface area contributed by atoms with Gasteiger partial charge in [0.2, 0.25) is 0 Å². The molecule has 3 N–H and O–H groups in total. The van der Waals surface area contributed by atoms with Crippen LogP contribution in [0.15, 0.2) is 11.2 Å². The van der Waals surface area contributed by atoms with Gasteiger partial charge in [-0.05, 0) is 17.8 Å². The Morgan fingerprint density at radius 2 is 2.44 bits per heavy atom. The number of thioether (sulfide) groups is 1. The van der Waals surface area contributed by atoms with Crippen LogP contribution in [0.4, 0.5) is 10.8 Å². The number of rotatable bonds is 4. The van der Waals surface area contributed by atoms with Crippen LogP contribution in [-0.4, -0.2) is 25.4 Å². The predicted molar refractivity (Wildman–Crippen MR) is 66.6 cm³/mol. The fourth-order valence-corrected chi connectivity index (χ4v) is 2.77. The second kappa shape index (κ2) is 4.71. The first-order valence-corrected chi connectivity index (χ1v) is 6.58. The first kappa shape index (κ1) is 11.2. The monoisotopic (exact) mass is 256 g/mol. The molecule has 2 aromatic heterocycles. The molecule has 0 radical (unpaired) electrons. The summed E-state index contributed by atoms with van der Waals surface area (Å²) in [4.78, 5) is 0.993. The molecule has 16 heavy (non-hydrogen) atoms. The van der Waals surface area contributed by atoms with E-state index in [0.29, 0.717) is 12.4 Å². The van der Waals surface area contributed by atoms with Crippen LogP contribution in [0.5, 0.6) is 0 Å². The number of nitrogens with one attached hydrogen (secondary N) is 1. The summed E-state index contributed by atoms with van der Waals surface area (Å²) in [5.41, 5.74) is 5.74. The number of nitrogens with zero attached hydrogens (tertiary/aromatic N) is 4. The summed E-state index contributed by atoms with van der Waals surface area (Å²) < 4.78 is 5.97. The van der Waals surface area contributed by atoms with Crippen molar-refractivity contribution < 1.29 is 0 Å². The minimum atomic E-state index is 0.581. The van der Waals surface area contributed by atoms with Crippen LogP contribution >= 0.6 is 23.3 Å². The van der Waals surface area contributed by atoms with E-state index in [1.165, 1.54) is 11.5 Å². The largest absolute Gasteiger partial charge is 0.382 e. The minimum absolute atomic E-state index is 0.581. The molecule has 2 aromatic rings.